The lowest BCUT2D eigenvalue weighted by Crippen LogP contribution is -3.00. The maximum atomic E-state index is 4.39. The molecule has 5 rings (SSSR count). The molecule has 5 aromatic rings. The van der Waals surface area contributed by atoms with Crippen LogP contribution in [0.25, 0.3) is 46.1 Å². The summed E-state index contributed by atoms with van der Waals surface area (Å²) in [6.07, 6.45) is 19.8. The smallest absolute Gasteiger partial charge is 0.194 e. The number of H-pyrrole nitrogens is 1. The number of fused-ring (bicyclic) bond motifs is 3. The van der Waals surface area contributed by atoms with E-state index < -0.39 is 0 Å². The van der Waals surface area contributed by atoms with Gasteiger partial charge in [-0.05, 0) is 47.5 Å². The molecule has 0 aliphatic rings. The van der Waals surface area contributed by atoms with Gasteiger partial charge in [0.2, 0.25) is 0 Å². The molecule has 0 saturated carbocycles. The van der Waals surface area contributed by atoms with Crippen molar-refractivity contribution < 1.29 is 57.1 Å². The second-order valence-corrected chi connectivity index (χ2v) is 7.70. The molecule has 0 bridgehead atoms. The zero-order chi connectivity index (χ0) is 21.2. The lowest BCUT2D eigenvalue weighted by atomic mass is 10.1. The molecular formula is C26H23I2N5. The molecule has 2 aromatic carbocycles. The van der Waals surface area contributed by atoms with E-state index in [4.69, 9.17) is 0 Å². The van der Waals surface area contributed by atoms with Gasteiger partial charge in [0.05, 0.1) is 12.4 Å². The van der Waals surface area contributed by atoms with Gasteiger partial charge in [-0.1, -0.05) is 24.3 Å². The van der Waals surface area contributed by atoms with Gasteiger partial charge in [0.15, 0.2) is 24.8 Å². The molecule has 0 fully saturated rings. The number of halogens is 2. The highest BCUT2D eigenvalue weighted by Gasteiger charge is 2.06. The average molecular weight is 659 g/mol. The van der Waals surface area contributed by atoms with Gasteiger partial charge in [0.1, 0.15) is 25.5 Å². The highest BCUT2D eigenvalue weighted by Crippen LogP contribution is 2.28. The highest BCUT2D eigenvalue weighted by molar-refractivity contribution is 6.08. The maximum absolute atomic E-state index is 4.39. The largest absolute Gasteiger partial charge is 1.00 e. The fraction of sp³-hybridized carbons (Fsp3) is 0.0769. The Morgan fingerprint density at radius 3 is 1.55 bits per heavy atom. The second kappa shape index (κ2) is 11.0. The van der Waals surface area contributed by atoms with Crippen molar-refractivity contribution in [2.24, 2.45) is 14.1 Å². The minimum absolute atomic E-state index is 0. The first kappa shape index (κ1) is 25.0. The molecule has 1 N–H and O–H groups in total. The standard InChI is InChI=1S/C26H23N5.2HI/c1-30-13-11-27-21(17-30)7-3-19-5-9-25-23(15-19)24-16-20(6-10-26(24)29-25)4-8-22-18-31(2)14-12-28-22;;/h3-18,29H,1-2H3;2*1H/q+2;;/p-2. The molecule has 0 radical (unpaired) electrons. The van der Waals surface area contributed by atoms with Gasteiger partial charge < -0.3 is 52.9 Å². The summed E-state index contributed by atoms with van der Waals surface area (Å²) < 4.78 is 3.99. The second-order valence-electron chi connectivity index (χ2n) is 7.70. The lowest BCUT2D eigenvalue weighted by molar-refractivity contribution is -0.672. The fourth-order valence-electron chi connectivity index (χ4n) is 3.69. The van der Waals surface area contributed by atoms with Crippen molar-refractivity contribution in [3.63, 3.8) is 0 Å². The summed E-state index contributed by atoms with van der Waals surface area (Å²) in [7, 11) is 3.99. The van der Waals surface area contributed by atoms with E-state index in [1.807, 2.05) is 72.6 Å². The third-order valence-corrected chi connectivity index (χ3v) is 5.26. The first-order valence-electron chi connectivity index (χ1n) is 10.2. The van der Waals surface area contributed by atoms with Crippen LogP contribution in [0.4, 0.5) is 0 Å². The predicted octanol–water partition coefficient (Wildman–Crippen LogP) is -1.89. The van der Waals surface area contributed by atoms with E-state index in [0.717, 1.165) is 33.5 Å². The Kier molecular flexibility index (Phi) is 8.30. The van der Waals surface area contributed by atoms with E-state index in [9.17, 15) is 0 Å². The summed E-state index contributed by atoms with van der Waals surface area (Å²) in [5.74, 6) is 0. The molecule has 3 aromatic heterocycles. The minimum atomic E-state index is 0. The van der Waals surface area contributed by atoms with Gasteiger partial charge in [0, 0.05) is 21.8 Å². The molecule has 3 heterocycles. The van der Waals surface area contributed by atoms with Crippen LogP contribution in [0.2, 0.25) is 0 Å². The predicted molar refractivity (Wildman–Crippen MR) is 124 cm³/mol. The number of benzene rings is 2. The Balaban J connectivity index is 0.00000153. The minimum Gasteiger partial charge on any atom is -1.00 e. The topological polar surface area (TPSA) is 49.3 Å². The van der Waals surface area contributed by atoms with Gasteiger partial charge in [-0.2, -0.15) is 0 Å². The quantitative estimate of drug-likeness (QED) is 0.182. The van der Waals surface area contributed by atoms with Crippen LogP contribution in [0.1, 0.15) is 22.5 Å². The molecule has 0 aliphatic heterocycles. The molecule has 0 amide bonds. The molecule has 33 heavy (non-hydrogen) atoms. The van der Waals surface area contributed by atoms with Crippen LogP contribution >= 0.6 is 0 Å². The van der Waals surface area contributed by atoms with Gasteiger partial charge in [0.25, 0.3) is 0 Å². The van der Waals surface area contributed by atoms with Gasteiger partial charge in [-0.25, -0.2) is 19.1 Å². The van der Waals surface area contributed by atoms with E-state index in [1.165, 1.54) is 10.8 Å². The molecule has 166 valence electrons. The first-order chi connectivity index (χ1) is 15.1. The molecule has 0 spiro atoms. The third kappa shape index (κ3) is 5.83. The van der Waals surface area contributed by atoms with Crippen molar-refractivity contribution in [2.45, 2.75) is 0 Å². The van der Waals surface area contributed by atoms with E-state index in [1.54, 1.807) is 0 Å². The summed E-state index contributed by atoms with van der Waals surface area (Å²) in [4.78, 5) is 12.3. The number of rotatable bonds is 4. The third-order valence-electron chi connectivity index (χ3n) is 5.26. The van der Waals surface area contributed by atoms with Crippen molar-refractivity contribution in [1.29, 1.82) is 0 Å². The van der Waals surface area contributed by atoms with Crippen LogP contribution < -0.4 is 57.1 Å². The van der Waals surface area contributed by atoms with Crippen LogP contribution in [0.3, 0.4) is 0 Å². The maximum Gasteiger partial charge on any atom is 0.194 e. The SMILES string of the molecule is C[n+]1ccnc(C=Cc2ccc3[nH]c4ccc(C=Cc5c[n+](C)ccn5)cc4c3c2)c1.[I-].[I-]. The molecule has 0 aliphatic carbocycles. The first-order valence-corrected chi connectivity index (χ1v) is 10.2. The number of nitrogens with zero attached hydrogens (tertiary/aromatic N) is 4. The van der Waals surface area contributed by atoms with Crippen molar-refractivity contribution >= 4 is 46.1 Å². The number of aryl methyl sites for hydroxylation is 2. The number of nitrogens with one attached hydrogen (secondary N) is 1. The van der Waals surface area contributed by atoms with Crippen LogP contribution in [0.5, 0.6) is 0 Å². The summed E-state index contributed by atoms with van der Waals surface area (Å²) in [5.41, 5.74) is 6.41. The molecule has 0 saturated heterocycles. The van der Waals surface area contributed by atoms with E-state index in [0.29, 0.717) is 0 Å². The van der Waals surface area contributed by atoms with Crippen molar-refractivity contribution in [2.75, 3.05) is 0 Å². The van der Waals surface area contributed by atoms with Crippen LogP contribution in [0.15, 0.2) is 73.6 Å². The zero-order valence-electron chi connectivity index (χ0n) is 18.3. The zero-order valence-corrected chi connectivity index (χ0v) is 22.6. The lowest BCUT2D eigenvalue weighted by Gasteiger charge is -1.98. The number of aromatic nitrogens is 5. The molecular weight excluding hydrogens is 636 g/mol. The van der Waals surface area contributed by atoms with E-state index in [-0.39, 0.29) is 48.0 Å². The molecule has 7 heteroatoms. The Morgan fingerprint density at radius 1 is 0.667 bits per heavy atom. The summed E-state index contributed by atoms with van der Waals surface area (Å²) in [5, 5.41) is 2.42. The number of hydrogen-bond donors (Lipinski definition) is 1. The van der Waals surface area contributed by atoms with Gasteiger partial charge >= 0.3 is 0 Å². The van der Waals surface area contributed by atoms with Crippen LogP contribution in [-0.4, -0.2) is 15.0 Å². The van der Waals surface area contributed by atoms with Crippen LogP contribution in [0, 0.1) is 0 Å². The normalized spacial score (nSPS) is 11.2. The highest BCUT2D eigenvalue weighted by atomic mass is 127. The Bertz CT molecular complexity index is 1360. The Morgan fingerprint density at radius 2 is 1.12 bits per heavy atom. The Hall–Kier alpha value is -2.66. The van der Waals surface area contributed by atoms with E-state index >= 15 is 0 Å². The van der Waals surface area contributed by atoms with Gasteiger partial charge in [-0.15, -0.1) is 0 Å². The summed E-state index contributed by atoms with van der Waals surface area (Å²) in [6.45, 7) is 0. The van der Waals surface area contributed by atoms with Gasteiger partial charge in [-0.3, -0.25) is 0 Å². The number of aromatic amines is 1. The molecule has 5 nitrogen and oxygen atoms in total. The van der Waals surface area contributed by atoms with E-state index in [2.05, 4.69) is 63.5 Å². The monoisotopic (exact) mass is 659 g/mol. The molecule has 0 unspecified atom stereocenters. The Labute approximate surface area is 227 Å². The van der Waals surface area contributed by atoms with Crippen LogP contribution in [-0.2, 0) is 14.1 Å². The fourth-order valence-corrected chi connectivity index (χ4v) is 3.69. The van der Waals surface area contributed by atoms with Crippen molar-refractivity contribution in [3.05, 3.63) is 96.1 Å². The molecule has 0 atom stereocenters. The summed E-state index contributed by atoms with van der Waals surface area (Å²) in [6, 6.07) is 13.0. The van der Waals surface area contributed by atoms with Crippen molar-refractivity contribution in [1.82, 2.24) is 15.0 Å². The average Bonchev–Trinajstić information content (AvgIpc) is 3.14. The summed E-state index contributed by atoms with van der Waals surface area (Å²) >= 11 is 0. The van der Waals surface area contributed by atoms with Crippen molar-refractivity contribution in [3.8, 4) is 0 Å². The number of hydrogen-bond acceptors (Lipinski definition) is 2.